The predicted octanol–water partition coefficient (Wildman–Crippen LogP) is 1.19. The average molecular weight is 311 g/mol. The van der Waals surface area contributed by atoms with Crippen molar-refractivity contribution in [3.63, 3.8) is 0 Å². The van der Waals surface area contributed by atoms with Gasteiger partial charge in [0.15, 0.2) is 0 Å². The molecule has 3 N–H and O–H groups in total. The molecule has 0 bridgehead atoms. The van der Waals surface area contributed by atoms with Crippen molar-refractivity contribution in [2.24, 2.45) is 5.92 Å². The van der Waals surface area contributed by atoms with E-state index in [-0.39, 0.29) is 40.6 Å². The van der Waals surface area contributed by atoms with Crippen LogP contribution >= 0.6 is 23.2 Å². The third kappa shape index (κ3) is 2.31. The minimum atomic E-state index is -3.72. The minimum Gasteiger partial charge on any atom is -0.399 e. The Morgan fingerprint density at radius 2 is 1.83 bits per heavy atom. The van der Waals surface area contributed by atoms with E-state index in [0.29, 0.717) is 5.69 Å². The van der Waals surface area contributed by atoms with Gasteiger partial charge >= 0.3 is 0 Å². The van der Waals surface area contributed by atoms with Crippen LogP contribution in [0.15, 0.2) is 17.0 Å². The second kappa shape index (κ2) is 4.86. The van der Waals surface area contributed by atoms with Gasteiger partial charge in [-0.15, -0.1) is 0 Å². The van der Waals surface area contributed by atoms with Crippen LogP contribution in [0.5, 0.6) is 0 Å². The number of nitrogens with zero attached hydrogens (tertiary/aromatic N) is 1. The monoisotopic (exact) mass is 310 g/mol. The zero-order chi connectivity index (χ0) is 13.5. The van der Waals surface area contributed by atoms with Crippen LogP contribution in [-0.2, 0) is 10.0 Å². The van der Waals surface area contributed by atoms with Crippen molar-refractivity contribution in [2.75, 3.05) is 25.4 Å². The van der Waals surface area contributed by atoms with Gasteiger partial charge in [-0.2, -0.15) is 4.31 Å². The summed E-state index contributed by atoms with van der Waals surface area (Å²) in [4.78, 5) is -0.128. The topological polar surface area (TPSA) is 83.6 Å². The van der Waals surface area contributed by atoms with Crippen LogP contribution < -0.4 is 5.73 Å². The van der Waals surface area contributed by atoms with Gasteiger partial charge in [-0.3, -0.25) is 0 Å². The lowest BCUT2D eigenvalue weighted by atomic mass is 10.1. The van der Waals surface area contributed by atoms with Crippen molar-refractivity contribution in [2.45, 2.75) is 4.90 Å². The van der Waals surface area contributed by atoms with E-state index in [9.17, 15) is 8.42 Å². The SMILES string of the molecule is Nc1cc(Cl)c(S(=O)(=O)N2CC(CO)C2)c(Cl)c1. The quantitative estimate of drug-likeness (QED) is 0.821. The number of sulfonamides is 1. The third-order valence-electron chi connectivity index (χ3n) is 2.80. The van der Waals surface area contributed by atoms with Gasteiger partial charge in [0.2, 0.25) is 10.0 Å². The van der Waals surface area contributed by atoms with Crippen LogP contribution in [0.25, 0.3) is 0 Å². The zero-order valence-electron chi connectivity index (χ0n) is 9.31. The highest BCUT2D eigenvalue weighted by atomic mass is 35.5. The molecule has 0 aromatic heterocycles. The first kappa shape index (κ1) is 13.9. The molecule has 0 atom stereocenters. The molecule has 0 unspecified atom stereocenters. The fourth-order valence-corrected chi connectivity index (χ4v) is 4.56. The van der Waals surface area contributed by atoms with Crippen LogP contribution in [0, 0.1) is 5.92 Å². The van der Waals surface area contributed by atoms with Crippen LogP contribution in [0.2, 0.25) is 10.0 Å². The molecule has 0 radical (unpaired) electrons. The first-order valence-corrected chi connectivity index (χ1v) is 7.41. The Morgan fingerprint density at radius 1 is 1.33 bits per heavy atom. The molecule has 0 aliphatic carbocycles. The van der Waals surface area contributed by atoms with Gasteiger partial charge in [0.05, 0.1) is 10.0 Å². The number of nitrogens with two attached hydrogens (primary N) is 1. The minimum absolute atomic E-state index is 0.00690. The van der Waals surface area contributed by atoms with Crippen molar-refractivity contribution < 1.29 is 13.5 Å². The molecular weight excluding hydrogens is 299 g/mol. The highest BCUT2D eigenvalue weighted by molar-refractivity contribution is 7.89. The van der Waals surface area contributed by atoms with Gasteiger partial charge < -0.3 is 10.8 Å². The lowest BCUT2D eigenvalue weighted by molar-refractivity contribution is 0.117. The molecule has 0 spiro atoms. The molecule has 1 aromatic rings. The lowest BCUT2D eigenvalue weighted by Crippen LogP contribution is -2.51. The van der Waals surface area contributed by atoms with Crippen LogP contribution in [0.4, 0.5) is 5.69 Å². The summed E-state index contributed by atoms with van der Waals surface area (Å²) in [5.74, 6) is -0.0221. The number of aliphatic hydroxyl groups is 1. The van der Waals surface area contributed by atoms with Gasteiger partial charge in [-0.25, -0.2) is 8.42 Å². The van der Waals surface area contributed by atoms with E-state index < -0.39 is 10.0 Å². The molecule has 1 heterocycles. The fraction of sp³-hybridized carbons (Fsp3) is 0.400. The van der Waals surface area contributed by atoms with Gasteiger partial charge in [0, 0.05) is 31.3 Å². The number of hydrogen-bond acceptors (Lipinski definition) is 4. The summed E-state index contributed by atoms with van der Waals surface area (Å²) < 4.78 is 25.8. The highest BCUT2D eigenvalue weighted by Crippen LogP contribution is 2.36. The fourth-order valence-electron chi connectivity index (χ4n) is 1.79. The summed E-state index contributed by atoms with van der Waals surface area (Å²) >= 11 is 11.8. The maximum atomic E-state index is 12.3. The van der Waals surface area contributed by atoms with E-state index in [1.807, 2.05) is 0 Å². The summed E-state index contributed by atoms with van der Waals surface area (Å²) in [5.41, 5.74) is 5.83. The third-order valence-corrected chi connectivity index (χ3v) is 5.55. The molecule has 0 saturated carbocycles. The molecule has 1 aromatic carbocycles. The molecule has 1 saturated heterocycles. The van der Waals surface area contributed by atoms with Crippen molar-refractivity contribution in [1.29, 1.82) is 0 Å². The summed E-state index contributed by atoms with van der Waals surface area (Å²) in [6, 6.07) is 2.70. The standard InChI is InChI=1S/C10H12Cl2N2O3S/c11-8-1-7(13)2-9(12)10(8)18(16,17)14-3-6(4-14)5-15/h1-2,6,15H,3-5,13H2. The van der Waals surface area contributed by atoms with Crippen LogP contribution in [0.3, 0.4) is 0 Å². The number of halogens is 2. The van der Waals surface area contributed by atoms with E-state index in [4.69, 9.17) is 34.0 Å². The number of anilines is 1. The van der Waals surface area contributed by atoms with Crippen LogP contribution in [0.1, 0.15) is 0 Å². The first-order chi connectivity index (χ1) is 8.36. The molecule has 8 heteroatoms. The Labute approximate surface area is 115 Å². The Balaban J connectivity index is 2.37. The number of aliphatic hydroxyl groups excluding tert-OH is 1. The second-order valence-electron chi connectivity index (χ2n) is 4.18. The summed E-state index contributed by atoms with van der Waals surface area (Å²) in [5, 5.41) is 8.91. The number of nitrogen functional groups attached to an aromatic ring is 1. The van der Waals surface area contributed by atoms with Gasteiger partial charge in [-0.1, -0.05) is 23.2 Å². The van der Waals surface area contributed by atoms with Crippen LogP contribution in [-0.4, -0.2) is 37.5 Å². The number of rotatable bonds is 3. The summed E-state index contributed by atoms with van der Waals surface area (Å²) in [7, 11) is -3.72. The smallest absolute Gasteiger partial charge is 0.246 e. The number of hydrogen-bond donors (Lipinski definition) is 2. The summed E-state index contributed by atoms with van der Waals surface area (Å²) in [6.45, 7) is 0.515. The van der Waals surface area contributed by atoms with Crippen molar-refractivity contribution >= 4 is 38.9 Å². The molecular formula is C10H12Cl2N2O3S. The number of benzene rings is 1. The van der Waals surface area contributed by atoms with Gasteiger partial charge in [0.1, 0.15) is 4.90 Å². The first-order valence-electron chi connectivity index (χ1n) is 5.21. The highest BCUT2D eigenvalue weighted by Gasteiger charge is 2.38. The van der Waals surface area contributed by atoms with Gasteiger partial charge in [0.25, 0.3) is 0 Å². The maximum Gasteiger partial charge on any atom is 0.246 e. The molecule has 5 nitrogen and oxygen atoms in total. The maximum absolute atomic E-state index is 12.3. The zero-order valence-corrected chi connectivity index (χ0v) is 11.6. The molecule has 0 amide bonds. The molecule has 1 fully saturated rings. The molecule has 1 aliphatic heterocycles. The van der Waals surface area contributed by atoms with E-state index in [1.54, 1.807) is 0 Å². The molecule has 1 aliphatic rings. The normalized spacial score (nSPS) is 17.7. The Bertz CT molecular complexity index is 547. The molecule has 100 valence electrons. The van der Waals surface area contributed by atoms with Crippen molar-refractivity contribution in [3.05, 3.63) is 22.2 Å². The Kier molecular flexibility index (Phi) is 3.75. The lowest BCUT2D eigenvalue weighted by Gasteiger charge is -2.37. The van der Waals surface area contributed by atoms with E-state index in [1.165, 1.54) is 16.4 Å². The average Bonchev–Trinajstić information content (AvgIpc) is 2.12. The second-order valence-corrected chi connectivity index (χ2v) is 6.87. The van der Waals surface area contributed by atoms with E-state index in [0.717, 1.165) is 0 Å². The van der Waals surface area contributed by atoms with E-state index in [2.05, 4.69) is 0 Å². The molecule has 2 rings (SSSR count). The van der Waals surface area contributed by atoms with Gasteiger partial charge in [-0.05, 0) is 12.1 Å². The Morgan fingerprint density at radius 3 is 2.28 bits per heavy atom. The predicted molar refractivity (Wildman–Crippen MR) is 70.2 cm³/mol. The van der Waals surface area contributed by atoms with E-state index >= 15 is 0 Å². The molecule has 18 heavy (non-hydrogen) atoms. The van der Waals surface area contributed by atoms with Crippen molar-refractivity contribution in [3.8, 4) is 0 Å². The van der Waals surface area contributed by atoms with Crippen molar-refractivity contribution in [1.82, 2.24) is 4.31 Å². The summed E-state index contributed by atoms with van der Waals surface area (Å²) in [6.07, 6.45) is 0. The Hall–Kier alpha value is -0.530. The largest absolute Gasteiger partial charge is 0.399 e.